The standard InChI is InChI=1S/C23H24F2N2O5/c1-12(2)20(11-29)27-9-18(23(31)32)21(30)17-7-14(19(10-28)26-22(17)27)4-3-13-5-15(24)8-16(25)6-13/h5-9,12,20,28-29H,3-4,10-11H2,1-2H3,(H,31,32)/t20-/m1/s1. The van der Waals surface area contributed by atoms with Gasteiger partial charge in [-0.1, -0.05) is 13.8 Å². The molecule has 0 spiro atoms. The van der Waals surface area contributed by atoms with Crippen molar-refractivity contribution in [1.29, 1.82) is 0 Å². The van der Waals surface area contributed by atoms with Gasteiger partial charge in [-0.2, -0.15) is 0 Å². The summed E-state index contributed by atoms with van der Waals surface area (Å²) >= 11 is 0. The summed E-state index contributed by atoms with van der Waals surface area (Å²) in [6, 6.07) is 4.07. The van der Waals surface area contributed by atoms with Crippen LogP contribution in [0, 0.1) is 17.6 Å². The van der Waals surface area contributed by atoms with Crippen molar-refractivity contribution in [3.8, 4) is 0 Å². The highest BCUT2D eigenvalue weighted by Crippen LogP contribution is 2.24. The van der Waals surface area contributed by atoms with E-state index in [1.807, 2.05) is 13.8 Å². The molecule has 32 heavy (non-hydrogen) atoms. The summed E-state index contributed by atoms with van der Waals surface area (Å²) in [4.78, 5) is 28.9. The molecule has 9 heteroatoms. The summed E-state index contributed by atoms with van der Waals surface area (Å²) in [7, 11) is 0. The average molecular weight is 446 g/mol. The van der Waals surface area contributed by atoms with Crippen molar-refractivity contribution in [2.24, 2.45) is 5.92 Å². The van der Waals surface area contributed by atoms with Crippen LogP contribution in [-0.4, -0.2) is 37.4 Å². The van der Waals surface area contributed by atoms with E-state index < -0.39 is 41.2 Å². The second kappa shape index (κ2) is 9.54. The van der Waals surface area contributed by atoms with Gasteiger partial charge in [0.15, 0.2) is 0 Å². The molecule has 3 N–H and O–H groups in total. The fourth-order valence-corrected chi connectivity index (χ4v) is 3.76. The number of aliphatic hydroxyl groups excluding tert-OH is 2. The van der Waals surface area contributed by atoms with Gasteiger partial charge >= 0.3 is 5.97 Å². The zero-order valence-corrected chi connectivity index (χ0v) is 17.7. The highest BCUT2D eigenvalue weighted by atomic mass is 19.1. The Labute approximate surface area is 182 Å². The average Bonchev–Trinajstić information content (AvgIpc) is 2.72. The highest BCUT2D eigenvalue weighted by Gasteiger charge is 2.23. The first-order valence-corrected chi connectivity index (χ1v) is 10.1. The molecule has 2 aromatic heterocycles. The van der Waals surface area contributed by atoms with Gasteiger partial charge in [0, 0.05) is 12.3 Å². The molecule has 0 aliphatic heterocycles. The lowest BCUT2D eigenvalue weighted by Crippen LogP contribution is -2.26. The number of carboxylic acid groups (broad SMARTS) is 1. The van der Waals surface area contributed by atoms with Crippen LogP contribution in [-0.2, 0) is 19.4 Å². The zero-order chi connectivity index (χ0) is 23.6. The maximum atomic E-state index is 13.5. The number of fused-ring (bicyclic) bond motifs is 1. The van der Waals surface area contributed by atoms with Crippen LogP contribution in [0.25, 0.3) is 11.0 Å². The van der Waals surface area contributed by atoms with E-state index in [1.165, 1.54) is 22.8 Å². The number of aromatic nitrogens is 2. The van der Waals surface area contributed by atoms with Crippen molar-refractivity contribution in [3.63, 3.8) is 0 Å². The van der Waals surface area contributed by atoms with E-state index in [2.05, 4.69) is 4.98 Å². The van der Waals surface area contributed by atoms with Gasteiger partial charge in [0.2, 0.25) is 5.43 Å². The van der Waals surface area contributed by atoms with Crippen molar-refractivity contribution in [1.82, 2.24) is 9.55 Å². The Hall–Kier alpha value is -3.17. The number of aryl methyl sites for hydroxylation is 2. The third kappa shape index (κ3) is 4.68. The molecule has 0 fully saturated rings. The Balaban J connectivity index is 2.18. The van der Waals surface area contributed by atoms with Crippen molar-refractivity contribution >= 4 is 17.0 Å². The van der Waals surface area contributed by atoms with Crippen LogP contribution in [0.3, 0.4) is 0 Å². The Bertz CT molecular complexity index is 1200. The van der Waals surface area contributed by atoms with Gasteiger partial charge < -0.3 is 19.9 Å². The fraction of sp³-hybridized carbons (Fsp3) is 0.348. The van der Waals surface area contributed by atoms with Gasteiger partial charge in [0.25, 0.3) is 0 Å². The van der Waals surface area contributed by atoms with Crippen LogP contribution in [0.4, 0.5) is 8.78 Å². The highest BCUT2D eigenvalue weighted by molar-refractivity contribution is 5.92. The maximum Gasteiger partial charge on any atom is 0.341 e. The van der Waals surface area contributed by atoms with Gasteiger partial charge in [-0.05, 0) is 48.1 Å². The van der Waals surface area contributed by atoms with Crippen molar-refractivity contribution in [2.75, 3.05) is 6.61 Å². The Morgan fingerprint density at radius 1 is 1.09 bits per heavy atom. The predicted molar refractivity (Wildman–Crippen MR) is 114 cm³/mol. The summed E-state index contributed by atoms with van der Waals surface area (Å²) < 4.78 is 28.4. The van der Waals surface area contributed by atoms with E-state index in [4.69, 9.17) is 0 Å². The minimum Gasteiger partial charge on any atom is -0.477 e. The van der Waals surface area contributed by atoms with Gasteiger partial charge in [0.1, 0.15) is 22.8 Å². The van der Waals surface area contributed by atoms with Gasteiger partial charge in [0.05, 0.1) is 30.3 Å². The Morgan fingerprint density at radius 3 is 2.28 bits per heavy atom. The molecule has 0 saturated carbocycles. The largest absolute Gasteiger partial charge is 0.477 e. The number of nitrogens with zero attached hydrogens (tertiary/aromatic N) is 2. The second-order valence-corrected chi connectivity index (χ2v) is 7.98. The lowest BCUT2D eigenvalue weighted by Gasteiger charge is -2.24. The third-order valence-electron chi connectivity index (χ3n) is 5.47. The van der Waals surface area contributed by atoms with E-state index in [1.54, 1.807) is 0 Å². The minimum atomic E-state index is -1.41. The number of benzene rings is 1. The Morgan fingerprint density at radius 2 is 1.75 bits per heavy atom. The van der Waals surface area contributed by atoms with Crippen molar-refractivity contribution in [2.45, 2.75) is 39.3 Å². The molecule has 0 aliphatic rings. The molecule has 0 radical (unpaired) electrons. The lowest BCUT2D eigenvalue weighted by molar-refractivity contribution is 0.0694. The number of hydrogen-bond acceptors (Lipinski definition) is 5. The molecule has 2 heterocycles. The van der Waals surface area contributed by atoms with Gasteiger partial charge in [-0.3, -0.25) is 4.79 Å². The summed E-state index contributed by atoms with van der Waals surface area (Å²) in [6.07, 6.45) is 1.59. The first kappa shape index (κ1) is 23.5. The van der Waals surface area contributed by atoms with Crippen LogP contribution in [0.2, 0.25) is 0 Å². The number of rotatable bonds is 8. The van der Waals surface area contributed by atoms with Crippen LogP contribution >= 0.6 is 0 Å². The molecule has 3 rings (SSSR count). The molecular formula is C23H24F2N2O5. The Kier molecular flexibility index (Phi) is 7.00. The smallest absolute Gasteiger partial charge is 0.341 e. The topological polar surface area (TPSA) is 113 Å². The van der Waals surface area contributed by atoms with Crippen molar-refractivity contribution < 1.29 is 28.9 Å². The molecule has 0 saturated heterocycles. The van der Waals surface area contributed by atoms with Gasteiger partial charge in [-0.15, -0.1) is 0 Å². The fourth-order valence-electron chi connectivity index (χ4n) is 3.76. The molecule has 0 amide bonds. The van der Waals surface area contributed by atoms with Crippen LogP contribution < -0.4 is 5.43 Å². The molecule has 1 aromatic carbocycles. The molecule has 7 nitrogen and oxygen atoms in total. The monoisotopic (exact) mass is 446 g/mol. The van der Waals surface area contributed by atoms with Crippen molar-refractivity contribution in [3.05, 3.63) is 74.7 Å². The SMILES string of the molecule is CC(C)[C@@H](CO)n1cc(C(=O)O)c(=O)c2cc(CCc3cc(F)cc(F)c3)c(CO)nc21. The van der Waals surface area contributed by atoms with E-state index >= 15 is 0 Å². The quantitative estimate of drug-likeness (QED) is 0.491. The van der Waals surface area contributed by atoms with Crippen LogP contribution in [0.1, 0.15) is 47.1 Å². The number of pyridine rings is 2. The third-order valence-corrected chi connectivity index (χ3v) is 5.47. The summed E-state index contributed by atoms with van der Waals surface area (Å²) in [5.74, 6) is -2.93. The summed E-state index contributed by atoms with van der Waals surface area (Å²) in [5.41, 5.74) is 0.0558. The molecule has 0 bridgehead atoms. The van der Waals surface area contributed by atoms with E-state index in [-0.39, 0.29) is 42.1 Å². The number of aromatic carboxylic acids is 1. The zero-order valence-electron chi connectivity index (χ0n) is 17.7. The lowest BCUT2D eigenvalue weighted by atomic mass is 10.00. The second-order valence-electron chi connectivity index (χ2n) is 7.98. The molecule has 0 aliphatic carbocycles. The van der Waals surface area contributed by atoms with Gasteiger partial charge in [-0.25, -0.2) is 18.6 Å². The molecule has 1 atom stereocenters. The first-order valence-electron chi connectivity index (χ1n) is 10.1. The van der Waals surface area contributed by atoms with E-state index in [9.17, 15) is 33.7 Å². The van der Waals surface area contributed by atoms with E-state index in [0.717, 1.165) is 12.3 Å². The molecule has 3 aromatic rings. The predicted octanol–water partition coefficient (Wildman–Crippen LogP) is 2.84. The number of hydrogen-bond donors (Lipinski definition) is 3. The molecule has 170 valence electrons. The molecular weight excluding hydrogens is 422 g/mol. The van der Waals surface area contributed by atoms with Crippen LogP contribution in [0.15, 0.2) is 35.3 Å². The molecule has 0 unspecified atom stereocenters. The first-order chi connectivity index (χ1) is 15.2. The maximum absolute atomic E-state index is 13.5. The normalized spacial score (nSPS) is 12.5. The number of halogens is 2. The number of carboxylic acids is 1. The number of carbonyl (C=O) groups is 1. The minimum absolute atomic E-state index is 0.0293. The summed E-state index contributed by atoms with van der Waals surface area (Å²) in [5, 5.41) is 29.3. The van der Waals surface area contributed by atoms with E-state index in [0.29, 0.717) is 11.1 Å². The number of aliphatic hydroxyl groups is 2. The summed E-state index contributed by atoms with van der Waals surface area (Å²) in [6.45, 7) is 2.91. The van der Waals surface area contributed by atoms with Crippen LogP contribution in [0.5, 0.6) is 0 Å².